The molecule has 77 heavy (non-hydrogen) atoms. The van der Waals surface area contributed by atoms with Crippen molar-refractivity contribution in [1.82, 2.24) is 19.1 Å². The molecule has 8 aromatic carbocycles. The Hall–Kier alpha value is -7.73. The van der Waals surface area contributed by atoms with Crippen LogP contribution in [0.25, 0.3) is 79.2 Å². The molecule has 0 atom stereocenters. The van der Waals surface area contributed by atoms with Crippen LogP contribution in [0, 0.1) is 0 Å². The van der Waals surface area contributed by atoms with Crippen LogP contribution in [0.3, 0.4) is 0 Å². The quantitative estimate of drug-likeness (QED) is 0.142. The monoisotopic (exact) mass is 1060 g/mol. The molecule has 2 heterocycles. The molecule has 392 valence electrons. The summed E-state index contributed by atoms with van der Waals surface area (Å²) < 4.78 is 4.32. The van der Waals surface area contributed by atoms with Crippen molar-refractivity contribution in [3.05, 3.63) is 229 Å². The van der Waals surface area contributed by atoms with Crippen molar-refractivity contribution < 1.29 is 26.7 Å². The molecule has 0 spiro atoms. The fourth-order valence-electron chi connectivity index (χ4n) is 9.75. The Kier molecular flexibility index (Phi) is 15.9. The van der Waals surface area contributed by atoms with Gasteiger partial charge in [-0.2, -0.15) is 0 Å². The zero-order valence-corrected chi connectivity index (χ0v) is 47.5. The minimum absolute atomic E-state index is 0. The first kappa shape index (κ1) is 55.5. The van der Waals surface area contributed by atoms with E-state index >= 15 is 0 Å². The predicted molar refractivity (Wildman–Crippen MR) is 313 cm³/mol. The van der Waals surface area contributed by atoms with Crippen LogP contribution in [-0.2, 0) is 38.2 Å². The van der Waals surface area contributed by atoms with Crippen LogP contribution in [0.2, 0.25) is 0 Å². The summed E-state index contributed by atoms with van der Waals surface area (Å²) >= 11 is 0. The van der Waals surface area contributed by atoms with Crippen LogP contribution in [-0.4, -0.2) is 19.1 Å². The number of imidazole rings is 2. The molecule has 2 aromatic heterocycles. The molecule has 6 nitrogen and oxygen atoms in total. The van der Waals surface area contributed by atoms with Gasteiger partial charge >= 0.3 is 16.5 Å². The van der Waals surface area contributed by atoms with Gasteiger partial charge in [0.2, 0.25) is 0 Å². The molecule has 0 saturated heterocycles. The Bertz CT molecular complexity index is 3350. The summed E-state index contributed by atoms with van der Waals surface area (Å²) in [6.45, 7) is 25.8. The molecule has 10 rings (SSSR count). The molecular formula is C70H70N4NiO2. The molecule has 0 saturated carbocycles. The maximum atomic E-state index is 14.2. The number of nitrogens with zero attached hydrogens (tertiary/aromatic N) is 4. The summed E-state index contributed by atoms with van der Waals surface area (Å²) in [6.07, 6.45) is 0. The number of para-hydroxylation sites is 2. The summed E-state index contributed by atoms with van der Waals surface area (Å²) in [5, 5.41) is 28.4. The van der Waals surface area contributed by atoms with Crippen LogP contribution in [0.1, 0.15) is 105 Å². The molecule has 7 heteroatoms. The molecule has 0 bridgehead atoms. The zero-order valence-electron chi connectivity index (χ0n) is 46.6. The second kappa shape index (κ2) is 22.1. The minimum Gasteiger partial charge on any atom is -0.872 e. The second-order valence-corrected chi connectivity index (χ2v) is 23.9. The summed E-state index contributed by atoms with van der Waals surface area (Å²) in [4.78, 5) is 10.5. The van der Waals surface area contributed by atoms with Gasteiger partial charge in [0.15, 0.2) is 0 Å². The first-order valence-electron chi connectivity index (χ1n) is 26.4. The van der Waals surface area contributed by atoms with Crippen LogP contribution >= 0.6 is 0 Å². The molecular weight excluding hydrogens is 987 g/mol. The maximum absolute atomic E-state index is 14.2. The second-order valence-electron chi connectivity index (χ2n) is 23.9. The fourth-order valence-corrected chi connectivity index (χ4v) is 9.75. The topological polar surface area (TPSA) is 81.8 Å². The molecule has 0 amide bonds. The van der Waals surface area contributed by atoms with Crippen molar-refractivity contribution in [2.45, 2.75) is 105 Å². The van der Waals surface area contributed by atoms with Crippen LogP contribution < -0.4 is 10.2 Å². The van der Waals surface area contributed by atoms with Crippen molar-refractivity contribution in [1.29, 1.82) is 0 Å². The average molecular weight is 1060 g/mol. The smallest absolute Gasteiger partial charge is 0.872 e. The van der Waals surface area contributed by atoms with E-state index in [9.17, 15) is 10.2 Å². The molecule has 10 aromatic rings. The van der Waals surface area contributed by atoms with E-state index in [0.717, 1.165) is 78.7 Å². The van der Waals surface area contributed by atoms with Gasteiger partial charge < -0.3 is 10.2 Å². The molecule has 0 aliphatic heterocycles. The van der Waals surface area contributed by atoms with Gasteiger partial charge in [-0.25, -0.2) is 9.97 Å². The van der Waals surface area contributed by atoms with Crippen molar-refractivity contribution in [3.8, 4) is 90.7 Å². The maximum Gasteiger partial charge on any atom is 2.00 e. The van der Waals surface area contributed by atoms with Crippen molar-refractivity contribution in [3.63, 3.8) is 0 Å². The Balaban J connectivity index is 0.000000201. The van der Waals surface area contributed by atoms with Gasteiger partial charge in [-0.05, 0) is 80.3 Å². The summed E-state index contributed by atoms with van der Waals surface area (Å²) in [5.41, 5.74) is 14.0. The Morgan fingerprint density at radius 2 is 0.584 bits per heavy atom. The van der Waals surface area contributed by atoms with Crippen molar-refractivity contribution >= 4 is 0 Å². The third-order valence-electron chi connectivity index (χ3n) is 14.0. The van der Waals surface area contributed by atoms with Gasteiger partial charge in [0.05, 0.1) is 22.8 Å². The largest absolute Gasteiger partial charge is 2.00 e. The van der Waals surface area contributed by atoms with E-state index in [1.807, 2.05) is 109 Å². The van der Waals surface area contributed by atoms with Crippen molar-refractivity contribution in [2.75, 3.05) is 0 Å². The van der Waals surface area contributed by atoms with Gasteiger partial charge in [-0.15, -0.1) is 0 Å². The van der Waals surface area contributed by atoms with E-state index in [1.165, 1.54) is 0 Å². The number of hydrogen-bond acceptors (Lipinski definition) is 4. The molecule has 0 aliphatic carbocycles. The van der Waals surface area contributed by atoms with E-state index in [2.05, 4.69) is 189 Å². The summed E-state index contributed by atoms with van der Waals surface area (Å²) in [5.74, 6) is 1.39. The number of benzene rings is 8. The first-order chi connectivity index (χ1) is 36.1. The Morgan fingerprint density at radius 3 is 0.844 bits per heavy atom. The average Bonchev–Trinajstić information content (AvgIpc) is 4.21. The van der Waals surface area contributed by atoms with Gasteiger partial charge in [0, 0.05) is 44.8 Å². The van der Waals surface area contributed by atoms with Crippen LogP contribution in [0.5, 0.6) is 11.5 Å². The van der Waals surface area contributed by atoms with E-state index < -0.39 is 0 Å². The standard InChI is InChI=1S/2C35H36N2O.Ni/c2*1-34(2,3)26-22-28(32(38)29(23-26)35(4,5)6)33-36-30(24-16-10-7-11-17-24)31(25-18-12-8-13-19-25)37(33)27-20-14-9-15-21-27;/h2*7-23,38H,1-6H3;/q;;+2/p-2. The molecule has 0 fully saturated rings. The zero-order chi connectivity index (χ0) is 54.2. The van der Waals surface area contributed by atoms with Gasteiger partial charge in [-0.3, -0.25) is 9.13 Å². The van der Waals surface area contributed by atoms with Crippen molar-refractivity contribution in [2.24, 2.45) is 0 Å². The van der Waals surface area contributed by atoms with E-state index in [-0.39, 0.29) is 49.7 Å². The SMILES string of the molecule is CC(C)(C)c1cc(-c2nc(-c3ccccc3)c(-c3ccccc3)n2-c2ccccc2)c([O-])c(C(C)(C)C)c1.CC(C)(C)c1cc(-c2nc(-c3ccccc3)c(-c3ccccc3)n2-c2ccccc2)c([O-])c(C(C)(C)C)c1.[Ni+2]. The number of aromatic nitrogens is 4. The molecule has 0 unspecified atom stereocenters. The number of hydrogen-bond donors (Lipinski definition) is 0. The Labute approximate surface area is 467 Å². The normalized spacial score (nSPS) is 11.9. The minimum atomic E-state index is -0.304. The number of rotatable bonds is 8. The van der Waals surface area contributed by atoms with Crippen LogP contribution in [0.15, 0.2) is 206 Å². The third kappa shape index (κ3) is 11.7. The summed E-state index contributed by atoms with van der Waals surface area (Å²) in [6, 6.07) is 69.9. The summed E-state index contributed by atoms with van der Waals surface area (Å²) in [7, 11) is 0. The van der Waals surface area contributed by atoms with Gasteiger partial charge in [0.25, 0.3) is 0 Å². The molecule has 0 radical (unpaired) electrons. The molecule has 0 N–H and O–H groups in total. The van der Waals surface area contributed by atoms with E-state index in [4.69, 9.17) is 9.97 Å². The van der Waals surface area contributed by atoms with Crippen LogP contribution in [0.4, 0.5) is 0 Å². The van der Waals surface area contributed by atoms with Gasteiger partial charge in [0.1, 0.15) is 11.6 Å². The predicted octanol–water partition coefficient (Wildman–Crippen LogP) is 17.1. The fraction of sp³-hybridized carbons (Fsp3) is 0.229. The molecule has 0 aliphatic rings. The van der Waals surface area contributed by atoms with E-state index in [1.54, 1.807) is 0 Å². The Morgan fingerprint density at radius 1 is 0.325 bits per heavy atom. The van der Waals surface area contributed by atoms with Gasteiger partial charge in [-0.1, -0.05) is 264 Å². The van der Waals surface area contributed by atoms with E-state index in [0.29, 0.717) is 22.8 Å². The third-order valence-corrected chi connectivity index (χ3v) is 14.0. The first-order valence-corrected chi connectivity index (χ1v) is 26.4.